The number of aromatic nitrogens is 1. The van der Waals surface area contributed by atoms with Crippen LogP contribution in [0.4, 0.5) is 18.9 Å². The smallest absolute Gasteiger partial charge is 0.344 e. The summed E-state index contributed by atoms with van der Waals surface area (Å²) in [6.45, 7) is 2.74. The number of carbonyl (C=O) groups is 1. The topological polar surface area (TPSA) is 63.6 Å². The molecule has 2 aliphatic heterocycles. The minimum absolute atomic E-state index is 0.0393. The van der Waals surface area contributed by atoms with E-state index in [0.29, 0.717) is 26.2 Å². The van der Waals surface area contributed by atoms with Gasteiger partial charge in [0.2, 0.25) is 5.43 Å². The number of esters is 1. The molecule has 0 saturated carbocycles. The average molecular weight is 413 g/mol. The normalized spacial score (nSPS) is 18.7. The second-order valence-electron chi connectivity index (χ2n) is 6.48. The van der Waals surface area contributed by atoms with Gasteiger partial charge in [-0.1, -0.05) is 11.8 Å². The van der Waals surface area contributed by atoms with Crippen molar-refractivity contribution in [2.75, 3.05) is 44.4 Å². The van der Waals surface area contributed by atoms with Crippen molar-refractivity contribution in [2.24, 2.45) is 0 Å². The van der Waals surface area contributed by atoms with Crippen LogP contribution < -0.4 is 15.6 Å². The van der Waals surface area contributed by atoms with Crippen LogP contribution in [0.25, 0.3) is 10.9 Å². The van der Waals surface area contributed by atoms with E-state index >= 15 is 4.39 Å². The number of hydrogen-bond acceptors (Lipinski definition) is 6. The molecule has 0 bridgehead atoms. The van der Waals surface area contributed by atoms with Gasteiger partial charge in [-0.15, -0.1) is 0 Å². The maximum Gasteiger partial charge on any atom is 0.344 e. The van der Waals surface area contributed by atoms with Gasteiger partial charge in [-0.2, -0.15) is 0 Å². The van der Waals surface area contributed by atoms with Gasteiger partial charge in [0.05, 0.1) is 22.5 Å². The number of thioether (sulfide) groups is 1. The van der Waals surface area contributed by atoms with Gasteiger partial charge < -0.3 is 19.5 Å². The van der Waals surface area contributed by atoms with Crippen LogP contribution in [0, 0.1) is 11.6 Å². The second-order valence-corrected chi connectivity index (χ2v) is 7.65. The number of anilines is 1. The summed E-state index contributed by atoms with van der Waals surface area (Å²) in [4.78, 5) is 26.7. The Labute approximate surface area is 162 Å². The van der Waals surface area contributed by atoms with Crippen molar-refractivity contribution in [3.63, 3.8) is 0 Å². The first-order valence-electron chi connectivity index (χ1n) is 8.95. The van der Waals surface area contributed by atoms with Gasteiger partial charge >= 0.3 is 5.97 Å². The Balaban J connectivity index is 2.01. The molecular weight excluding hydrogens is 395 g/mol. The zero-order valence-electron chi connectivity index (χ0n) is 15.1. The number of hydrogen-bond donors (Lipinski definition) is 1. The summed E-state index contributed by atoms with van der Waals surface area (Å²) >= 11 is 0.966. The van der Waals surface area contributed by atoms with E-state index in [1.54, 1.807) is 11.8 Å². The summed E-state index contributed by atoms with van der Waals surface area (Å²) in [5, 5.41) is 2.17. The third kappa shape index (κ3) is 2.77. The predicted octanol–water partition coefficient (Wildman–Crippen LogP) is 2.44. The van der Waals surface area contributed by atoms with Gasteiger partial charge in [0.15, 0.2) is 5.82 Å². The Morgan fingerprint density at radius 3 is 2.71 bits per heavy atom. The van der Waals surface area contributed by atoms with E-state index in [4.69, 9.17) is 4.74 Å². The second kappa shape index (κ2) is 7.32. The number of rotatable bonds is 4. The van der Waals surface area contributed by atoms with Crippen LogP contribution in [-0.4, -0.2) is 50.0 Å². The lowest BCUT2D eigenvalue weighted by Gasteiger charge is -2.35. The summed E-state index contributed by atoms with van der Waals surface area (Å²) in [7, 11) is 0. The third-order valence-corrected chi connectivity index (χ3v) is 6.13. The lowest BCUT2D eigenvalue weighted by molar-refractivity contribution is 0.0518. The summed E-state index contributed by atoms with van der Waals surface area (Å²) in [5.41, 5.74) is -1.53. The van der Waals surface area contributed by atoms with Crippen molar-refractivity contribution in [1.82, 2.24) is 9.88 Å². The molecule has 2 aromatic rings. The van der Waals surface area contributed by atoms with Gasteiger partial charge in [-0.25, -0.2) is 18.0 Å². The van der Waals surface area contributed by atoms with E-state index in [1.165, 1.54) is 4.57 Å². The van der Waals surface area contributed by atoms with E-state index in [0.717, 1.165) is 17.8 Å². The molecule has 1 aromatic carbocycles. The number of ether oxygens (including phenoxy) is 1. The number of alkyl halides is 1. The number of benzene rings is 1. The van der Waals surface area contributed by atoms with E-state index < -0.39 is 35.1 Å². The third-order valence-electron chi connectivity index (χ3n) is 4.89. The Morgan fingerprint density at radius 1 is 1.36 bits per heavy atom. The average Bonchev–Trinajstić information content (AvgIpc) is 2.66. The summed E-state index contributed by atoms with van der Waals surface area (Å²) in [5.74, 6) is -2.68. The maximum atomic E-state index is 15.5. The van der Waals surface area contributed by atoms with Crippen molar-refractivity contribution in [3.8, 4) is 0 Å². The number of piperazine rings is 1. The molecule has 10 heteroatoms. The SMILES string of the molecule is CCOC(=O)c1c2n(c3c(F)c(N4CCNCC4)c(F)cc3c1=O)C(CF)S2. The minimum atomic E-state index is -0.913. The fourth-order valence-corrected chi connectivity index (χ4v) is 4.75. The van der Waals surface area contributed by atoms with Crippen molar-refractivity contribution in [1.29, 1.82) is 0 Å². The molecule has 0 aliphatic carbocycles. The van der Waals surface area contributed by atoms with E-state index in [-0.39, 0.29) is 33.8 Å². The van der Waals surface area contributed by atoms with Crippen molar-refractivity contribution >= 4 is 34.3 Å². The Kier molecular flexibility index (Phi) is 5.00. The number of carbonyl (C=O) groups excluding carboxylic acids is 1. The Hall–Kier alpha value is -2.20. The molecule has 0 radical (unpaired) electrons. The first-order valence-corrected chi connectivity index (χ1v) is 9.83. The van der Waals surface area contributed by atoms with Gasteiger partial charge in [0.25, 0.3) is 0 Å². The molecule has 28 heavy (non-hydrogen) atoms. The maximum absolute atomic E-state index is 15.5. The van der Waals surface area contributed by atoms with Crippen molar-refractivity contribution in [3.05, 3.63) is 33.5 Å². The number of fused-ring (bicyclic) bond motifs is 3. The minimum Gasteiger partial charge on any atom is -0.462 e. The zero-order valence-corrected chi connectivity index (χ0v) is 15.9. The van der Waals surface area contributed by atoms with Crippen molar-refractivity contribution in [2.45, 2.75) is 17.3 Å². The number of pyridine rings is 1. The number of nitrogens with one attached hydrogen (secondary N) is 1. The molecule has 1 N–H and O–H groups in total. The van der Waals surface area contributed by atoms with Crippen LogP contribution in [-0.2, 0) is 4.74 Å². The molecule has 150 valence electrons. The predicted molar refractivity (Wildman–Crippen MR) is 100 cm³/mol. The Bertz CT molecular complexity index is 1020. The van der Waals surface area contributed by atoms with Crippen molar-refractivity contribution < 1.29 is 22.7 Å². The molecule has 1 saturated heterocycles. The summed E-state index contributed by atoms with van der Waals surface area (Å²) in [6, 6.07) is 0.937. The molecule has 1 unspecified atom stereocenters. The molecule has 6 nitrogen and oxygen atoms in total. The van der Waals surface area contributed by atoms with Crippen LogP contribution >= 0.6 is 11.8 Å². The number of halogens is 3. The van der Waals surface area contributed by atoms with Crippen LogP contribution in [0.2, 0.25) is 0 Å². The molecule has 0 amide bonds. The van der Waals surface area contributed by atoms with Crippen LogP contribution in [0.5, 0.6) is 0 Å². The molecule has 0 spiro atoms. The fourth-order valence-electron chi connectivity index (χ4n) is 3.65. The zero-order chi connectivity index (χ0) is 20.0. The van der Waals surface area contributed by atoms with E-state index in [2.05, 4.69) is 5.32 Å². The van der Waals surface area contributed by atoms with Gasteiger partial charge in [-0.3, -0.25) is 4.79 Å². The van der Waals surface area contributed by atoms with Gasteiger partial charge in [0, 0.05) is 26.2 Å². The monoisotopic (exact) mass is 413 g/mol. The first-order chi connectivity index (χ1) is 13.5. The van der Waals surface area contributed by atoms with Crippen LogP contribution in [0.15, 0.2) is 15.9 Å². The van der Waals surface area contributed by atoms with Crippen LogP contribution in [0.1, 0.15) is 22.7 Å². The standard InChI is InChI=1S/C18H18F3N3O3S/c1-2-27-18(26)12-16(25)9-7-10(20)15(23-5-3-22-4-6-23)13(21)14(9)24-11(8-19)28-17(12)24/h7,11,22H,2-6,8H2,1H3. The molecular formula is C18H18F3N3O3S. The lowest BCUT2D eigenvalue weighted by atomic mass is 10.1. The van der Waals surface area contributed by atoms with Crippen LogP contribution in [0.3, 0.4) is 0 Å². The fraction of sp³-hybridized carbons (Fsp3) is 0.444. The highest BCUT2D eigenvalue weighted by atomic mass is 32.2. The quantitative estimate of drug-likeness (QED) is 0.777. The molecule has 1 aromatic heterocycles. The molecule has 1 atom stereocenters. The largest absolute Gasteiger partial charge is 0.462 e. The Morgan fingerprint density at radius 2 is 2.07 bits per heavy atom. The highest BCUT2D eigenvalue weighted by Gasteiger charge is 2.38. The van der Waals surface area contributed by atoms with Gasteiger partial charge in [-0.05, 0) is 13.0 Å². The molecule has 3 heterocycles. The van der Waals surface area contributed by atoms with E-state index in [9.17, 15) is 18.4 Å². The highest BCUT2D eigenvalue weighted by molar-refractivity contribution is 8.00. The van der Waals surface area contributed by atoms with Gasteiger partial charge in [0.1, 0.15) is 29.1 Å². The highest BCUT2D eigenvalue weighted by Crippen LogP contribution is 2.48. The summed E-state index contributed by atoms with van der Waals surface area (Å²) in [6.07, 6.45) is 0. The summed E-state index contributed by atoms with van der Waals surface area (Å²) < 4.78 is 49.9. The molecule has 4 rings (SSSR count). The number of nitrogens with zero attached hydrogens (tertiary/aromatic N) is 2. The molecule has 2 aliphatic rings. The lowest BCUT2D eigenvalue weighted by Crippen LogP contribution is -2.44. The molecule has 1 fully saturated rings. The first kappa shape index (κ1) is 19.1. The van der Waals surface area contributed by atoms with E-state index in [1.807, 2.05) is 0 Å².